The third-order valence-corrected chi connectivity index (χ3v) is 4.26. The summed E-state index contributed by atoms with van der Waals surface area (Å²) >= 11 is 0. The molecule has 0 atom stereocenters. The smallest absolute Gasteiger partial charge is 0.337 e. The Hall–Kier alpha value is -2.89. The van der Waals surface area contributed by atoms with Crippen molar-refractivity contribution >= 4 is 17.7 Å². The molecular weight excluding hydrogens is 318 g/mol. The number of amides is 1. The summed E-state index contributed by atoms with van der Waals surface area (Å²) in [6, 6.07) is 10.4. The first-order valence-electron chi connectivity index (χ1n) is 8.34. The van der Waals surface area contributed by atoms with E-state index in [9.17, 15) is 9.59 Å². The maximum Gasteiger partial charge on any atom is 0.337 e. The van der Waals surface area contributed by atoms with Gasteiger partial charge in [-0.15, -0.1) is 0 Å². The number of nitrogens with zero attached hydrogens (tertiary/aromatic N) is 2. The number of nitrogens with one attached hydrogen (secondary N) is 1. The number of esters is 1. The summed E-state index contributed by atoms with van der Waals surface area (Å²) in [5, 5.41) is 2.86. The Morgan fingerprint density at radius 1 is 1.08 bits per heavy atom. The van der Waals surface area contributed by atoms with Crippen LogP contribution in [0.3, 0.4) is 0 Å². The van der Waals surface area contributed by atoms with Gasteiger partial charge in [0, 0.05) is 31.4 Å². The maximum atomic E-state index is 12.2. The number of benzene rings is 1. The van der Waals surface area contributed by atoms with Crippen molar-refractivity contribution in [3.8, 4) is 0 Å². The van der Waals surface area contributed by atoms with Gasteiger partial charge in [0.2, 0.25) is 0 Å². The molecule has 1 aliphatic rings. The molecule has 0 radical (unpaired) electrons. The minimum absolute atomic E-state index is 0.194. The van der Waals surface area contributed by atoms with E-state index in [4.69, 9.17) is 0 Å². The lowest BCUT2D eigenvalue weighted by molar-refractivity contribution is 0.0600. The van der Waals surface area contributed by atoms with Gasteiger partial charge in [0.15, 0.2) is 0 Å². The van der Waals surface area contributed by atoms with Crippen LogP contribution in [0.25, 0.3) is 0 Å². The van der Waals surface area contributed by atoms with Crippen LogP contribution in [0.2, 0.25) is 0 Å². The predicted molar refractivity (Wildman–Crippen MR) is 94.6 cm³/mol. The highest BCUT2D eigenvalue weighted by Gasteiger charge is 2.13. The molecule has 130 valence electrons. The Morgan fingerprint density at radius 3 is 2.36 bits per heavy atom. The molecule has 6 nitrogen and oxygen atoms in total. The van der Waals surface area contributed by atoms with Gasteiger partial charge in [0.25, 0.3) is 5.91 Å². The molecule has 1 amide bonds. The summed E-state index contributed by atoms with van der Waals surface area (Å²) in [6.45, 7) is 2.53. The van der Waals surface area contributed by atoms with Gasteiger partial charge in [-0.3, -0.25) is 4.79 Å². The molecule has 2 aromatic rings. The standard InChI is InChI=1S/C19H21N3O3/c1-25-19(24)16-7-5-15(6-8-16)18(23)21-13-14-4-9-17(20-12-14)22-10-2-3-11-22/h4-9,12H,2-3,10-11,13H2,1H3,(H,21,23). The summed E-state index contributed by atoms with van der Waals surface area (Å²) in [5.41, 5.74) is 1.86. The van der Waals surface area contributed by atoms with Crippen LogP contribution in [0.4, 0.5) is 5.82 Å². The van der Waals surface area contributed by atoms with Crippen LogP contribution in [-0.4, -0.2) is 37.1 Å². The fourth-order valence-electron chi connectivity index (χ4n) is 2.81. The van der Waals surface area contributed by atoms with E-state index in [1.54, 1.807) is 30.5 Å². The minimum atomic E-state index is -0.420. The van der Waals surface area contributed by atoms with Gasteiger partial charge in [-0.1, -0.05) is 6.07 Å². The maximum absolute atomic E-state index is 12.2. The highest BCUT2D eigenvalue weighted by molar-refractivity contribution is 5.96. The molecular formula is C19H21N3O3. The molecule has 1 aliphatic heterocycles. The van der Waals surface area contributed by atoms with Crippen molar-refractivity contribution in [2.75, 3.05) is 25.1 Å². The molecule has 0 unspecified atom stereocenters. The quantitative estimate of drug-likeness (QED) is 0.847. The molecule has 0 saturated carbocycles. The summed E-state index contributed by atoms with van der Waals surface area (Å²) in [5.74, 6) is 0.377. The monoisotopic (exact) mass is 339 g/mol. The Morgan fingerprint density at radius 2 is 1.76 bits per heavy atom. The number of hydrogen-bond donors (Lipinski definition) is 1. The molecule has 1 N–H and O–H groups in total. The molecule has 1 saturated heterocycles. The Bertz CT molecular complexity index is 736. The lowest BCUT2D eigenvalue weighted by Gasteiger charge is -2.16. The van der Waals surface area contributed by atoms with Crippen LogP contribution in [-0.2, 0) is 11.3 Å². The highest BCUT2D eigenvalue weighted by atomic mass is 16.5. The normalized spacial score (nSPS) is 13.6. The van der Waals surface area contributed by atoms with Crippen LogP contribution in [0.5, 0.6) is 0 Å². The molecule has 2 heterocycles. The van der Waals surface area contributed by atoms with Gasteiger partial charge in [-0.05, 0) is 48.7 Å². The number of hydrogen-bond acceptors (Lipinski definition) is 5. The predicted octanol–water partition coefficient (Wildman–Crippen LogP) is 2.40. The summed E-state index contributed by atoms with van der Waals surface area (Å²) < 4.78 is 4.64. The molecule has 6 heteroatoms. The molecule has 3 rings (SSSR count). The average Bonchev–Trinajstić information content (AvgIpc) is 3.21. The fraction of sp³-hybridized carbons (Fsp3) is 0.316. The van der Waals surface area contributed by atoms with Crippen LogP contribution in [0.15, 0.2) is 42.6 Å². The first-order valence-corrected chi connectivity index (χ1v) is 8.34. The van der Waals surface area contributed by atoms with Crippen molar-refractivity contribution in [2.45, 2.75) is 19.4 Å². The lowest BCUT2D eigenvalue weighted by atomic mass is 10.1. The van der Waals surface area contributed by atoms with E-state index in [1.165, 1.54) is 20.0 Å². The second kappa shape index (κ2) is 7.79. The van der Waals surface area contributed by atoms with E-state index < -0.39 is 5.97 Å². The van der Waals surface area contributed by atoms with Crippen molar-refractivity contribution in [3.05, 3.63) is 59.3 Å². The molecule has 0 spiro atoms. The second-order valence-corrected chi connectivity index (χ2v) is 5.97. The summed E-state index contributed by atoms with van der Waals surface area (Å²) in [6.07, 6.45) is 4.23. The van der Waals surface area contributed by atoms with E-state index >= 15 is 0 Å². The zero-order valence-corrected chi connectivity index (χ0v) is 14.2. The van der Waals surface area contributed by atoms with Gasteiger partial charge >= 0.3 is 5.97 Å². The zero-order chi connectivity index (χ0) is 17.6. The van der Waals surface area contributed by atoms with Crippen molar-refractivity contribution in [1.29, 1.82) is 0 Å². The highest BCUT2D eigenvalue weighted by Crippen LogP contribution is 2.17. The topological polar surface area (TPSA) is 71.5 Å². The number of carbonyl (C=O) groups is 2. The zero-order valence-electron chi connectivity index (χ0n) is 14.2. The number of methoxy groups -OCH3 is 1. The third kappa shape index (κ3) is 4.15. The van der Waals surface area contributed by atoms with E-state index in [2.05, 4.69) is 19.9 Å². The molecule has 1 fully saturated rings. The number of pyridine rings is 1. The van der Waals surface area contributed by atoms with E-state index in [0.29, 0.717) is 17.7 Å². The molecule has 1 aromatic heterocycles. The average molecular weight is 339 g/mol. The minimum Gasteiger partial charge on any atom is -0.465 e. The lowest BCUT2D eigenvalue weighted by Crippen LogP contribution is -2.23. The van der Waals surface area contributed by atoms with Crippen LogP contribution >= 0.6 is 0 Å². The van der Waals surface area contributed by atoms with E-state index in [-0.39, 0.29) is 5.91 Å². The van der Waals surface area contributed by atoms with Crippen LogP contribution in [0, 0.1) is 0 Å². The van der Waals surface area contributed by atoms with E-state index in [1.807, 2.05) is 12.1 Å². The van der Waals surface area contributed by atoms with Gasteiger partial charge in [0.05, 0.1) is 12.7 Å². The number of anilines is 1. The molecule has 0 bridgehead atoms. The Labute approximate surface area is 146 Å². The van der Waals surface area contributed by atoms with Gasteiger partial charge in [0.1, 0.15) is 5.82 Å². The second-order valence-electron chi connectivity index (χ2n) is 5.97. The van der Waals surface area contributed by atoms with E-state index in [0.717, 1.165) is 24.5 Å². The van der Waals surface area contributed by atoms with Crippen molar-refractivity contribution < 1.29 is 14.3 Å². The van der Waals surface area contributed by atoms with Crippen molar-refractivity contribution in [3.63, 3.8) is 0 Å². The Kier molecular flexibility index (Phi) is 5.28. The molecule has 0 aliphatic carbocycles. The first kappa shape index (κ1) is 17.0. The largest absolute Gasteiger partial charge is 0.465 e. The number of rotatable bonds is 5. The molecule has 25 heavy (non-hydrogen) atoms. The first-order chi connectivity index (χ1) is 12.2. The summed E-state index contributed by atoms with van der Waals surface area (Å²) in [7, 11) is 1.33. The number of aromatic nitrogens is 1. The SMILES string of the molecule is COC(=O)c1ccc(C(=O)NCc2ccc(N3CCCC3)nc2)cc1. The summed E-state index contributed by atoms with van der Waals surface area (Å²) in [4.78, 5) is 30.3. The van der Waals surface area contributed by atoms with Crippen molar-refractivity contribution in [2.24, 2.45) is 0 Å². The number of carbonyl (C=O) groups excluding carboxylic acids is 2. The Balaban J connectivity index is 1.55. The van der Waals surface area contributed by atoms with Gasteiger partial charge < -0.3 is 15.0 Å². The molecule has 1 aromatic carbocycles. The van der Waals surface area contributed by atoms with Crippen LogP contribution < -0.4 is 10.2 Å². The number of ether oxygens (including phenoxy) is 1. The van der Waals surface area contributed by atoms with Gasteiger partial charge in [-0.2, -0.15) is 0 Å². The van der Waals surface area contributed by atoms with Crippen molar-refractivity contribution in [1.82, 2.24) is 10.3 Å². The third-order valence-electron chi connectivity index (χ3n) is 4.26. The van der Waals surface area contributed by atoms with Crippen LogP contribution in [0.1, 0.15) is 39.1 Å². The fourth-order valence-corrected chi connectivity index (χ4v) is 2.81. The van der Waals surface area contributed by atoms with Gasteiger partial charge in [-0.25, -0.2) is 9.78 Å².